The quantitative estimate of drug-likeness (QED) is 0.736. The van der Waals surface area contributed by atoms with Gasteiger partial charge in [-0.1, -0.05) is 0 Å². The Hall–Kier alpha value is -0.0000000000000000763. The van der Waals surface area contributed by atoms with Gasteiger partial charge in [-0.15, -0.1) is 11.8 Å². The van der Waals surface area contributed by atoms with E-state index in [0.29, 0.717) is 5.44 Å². The van der Waals surface area contributed by atoms with Crippen molar-refractivity contribution in [2.45, 2.75) is 23.9 Å². The van der Waals surface area contributed by atoms with Crippen LogP contribution in [0, 0.1) is 0 Å². The lowest BCUT2D eigenvalue weighted by atomic mass is 10.0. The summed E-state index contributed by atoms with van der Waals surface area (Å²) in [6.45, 7) is 0. The van der Waals surface area contributed by atoms with E-state index in [0.717, 1.165) is 10.9 Å². The van der Waals surface area contributed by atoms with Crippen LogP contribution in [0.25, 0.3) is 0 Å². The van der Waals surface area contributed by atoms with Crippen LogP contribution in [-0.2, 0) is 17.4 Å². The molecule has 0 aliphatic carbocycles. The largest absolute Gasteiger partial charge is 0.348 e. The van der Waals surface area contributed by atoms with Gasteiger partial charge in [0.2, 0.25) is 0 Å². The van der Waals surface area contributed by atoms with Gasteiger partial charge in [0.1, 0.15) is 11.0 Å². The Balaban J connectivity index is 2.03. The Kier molecular flexibility index (Phi) is 1.98. The second kappa shape index (κ2) is 3.00. The predicted octanol–water partition coefficient (Wildman–Crippen LogP) is 2.26. The van der Waals surface area contributed by atoms with Gasteiger partial charge in [-0.05, 0) is 34.5 Å². The van der Waals surface area contributed by atoms with Gasteiger partial charge in [-0.25, -0.2) is 0 Å². The molecule has 0 saturated carbocycles. The highest BCUT2D eigenvalue weighted by molar-refractivity contribution is 9.10. The summed E-state index contributed by atoms with van der Waals surface area (Å²) >= 11 is 5.46. The number of halogens is 1. The lowest BCUT2D eigenvalue weighted by Crippen LogP contribution is -2.20. The molecule has 1 aromatic heterocycles. The number of epoxide rings is 1. The maximum Gasteiger partial charge on any atom is 0.148 e. The highest BCUT2D eigenvalue weighted by Gasteiger charge is 2.61. The molecule has 3 rings (SSSR count). The van der Waals surface area contributed by atoms with Gasteiger partial charge in [-0.2, -0.15) is 5.10 Å². The van der Waals surface area contributed by atoms with Crippen LogP contribution in [-0.4, -0.2) is 21.0 Å². The van der Waals surface area contributed by atoms with Crippen molar-refractivity contribution in [1.29, 1.82) is 0 Å². The third-order valence-electron chi connectivity index (χ3n) is 2.90. The van der Waals surface area contributed by atoms with E-state index in [2.05, 4.69) is 21.0 Å². The molecule has 2 atom stereocenters. The number of hydrogen-bond acceptors (Lipinski definition) is 3. The van der Waals surface area contributed by atoms with Gasteiger partial charge in [0.25, 0.3) is 0 Å². The van der Waals surface area contributed by atoms with E-state index in [1.54, 1.807) is 0 Å². The minimum Gasteiger partial charge on any atom is -0.348 e. The van der Waals surface area contributed by atoms with Crippen LogP contribution in [0.15, 0.2) is 10.7 Å². The smallest absolute Gasteiger partial charge is 0.148 e. The van der Waals surface area contributed by atoms with Crippen LogP contribution in [0.1, 0.15) is 18.5 Å². The average molecular weight is 275 g/mol. The minimum absolute atomic E-state index is 0.0347. The highest BCUT2D eigenvalue weighted by atomic mass is 79.9. The van der Waals surface area contributed by atoms with Crippen molar-refractivity contribution in [2.75, 3.05) is 5.75 Å². The second-order valence-electron chi connectivity index (χ2n) is 3.78. The molecule has 0 unspecified atom stereocenters. The first-order valence-electron chi connectivity index (χ1n) is 4.71. The fourth-order valence-electron chi connectivity index (χ4n) is 2.20. The van der Waals surface area contributed by atoms with Crippen LogP contribution in [0.5, 0.6) is 0 Å². The van der Waals surface area contributed by atoms with Crippen molar-refractivity contribution in [3.05, 3.63) is 16.4 Å². The van der Waals surface area contributed by atoms with Crippen molar-refractivity contribution < 1.29 is 4.74 Å². The summed E-state index contributed by atoms with van der Waals surface area (Å²) in [7, 11) is 1.98. The van der Waals surface area contributed by atoms with Crippen molar-refractivity contribution >= 4 is 27.7 Å². The first-order chi connectivity index (χ1) is 6.74. The molecule has 2 fully saturated rings. The number of aromatic nitrogens is 2. The van der Waals surface area contributed by atoms with Crippen LogP contribution < -0.4 is 0 Å². The molecule has 14 heavy (non-hydrogen) atoms. The first kappa shape index (κ1) is 9.24. The molecule has 5 heteroatoms. The van der Waals surface area contributed by atoms with E-state index in [-0.39, 0.29) is 5.60 Å². The normalized spacial score (nSPS) is 35.4. The summed E-state index contributed by atoms with van der Waals surface area (Å²) in [6, 6.07) is 0. The van der Waals surface area contributed by atoms with Crippen molar-refractivity contribution in [3.8, 4) is 0 Å². The molecule has 0 aromatic carbocycles. The average Bonchev–Trinajstić information content (AvgIpc) is 2.81. The molecular formula is C9H11BrN2OS. The van der Waals surface area contributed by atoms with Gasteiger partial charge in [0.15, 0.2) is 0 Å². The summed E-state index contributed by atoms with van der Waals surface area (Å²) in [5.41, 5.74) is 1.53. The van der Waals surface area contributed by atoms with E-state index in [9.17, 15) is 0 Å². The predicted molar refractivity (Wildman–Crippen MR) is 59.2 cm³/mol. The van der Waals surface area contributed by atoms with Crippen LogP contribution in [0.4, 0.5) is 0 Å². The fraction of sp³-hybridized carbons (Fsp3) is 0.667. The van der Waals surface area contributed by atoms with E-state index >= 15 is 0 Å². The Morgan fingerprint density at radius 3 is 3.29 bits per heavy atom. The molecule has 0 N–H and O–H groups in total. The molecule has 2 aliphatic heterocycles. The lowest BCUT2D eigenvalue weighted by Gasteiger charge is -2.17. The standard InChI is InChI=1S/C9H11BrN2OS/c1-12-7(6(10)5-11-12)9-3-2-4-14-8(9)13-9/h5,8H,2-4H2,1H3/t8-,9-/m1/s1. The SMILES string of the molecule is Cn1ncc(Br)c1[C@]12CCCS[C@H]1O2. The maximum absolute atomic E-state index is 5.84. The molecule has 1 aromatic rings. The van der Waals surface area contributed by atoms with Crippen molar-refractivity contribution in [1.82, 2.24) is 9.78 Å². The Labute approximate surface area is 95.3 Å². The first-order valence-corrected chi connectivity index (χ1v) is 6.55. The summed E-state index contributed by atoms with van der Waals surface area (Å²) in [4.78, 5) is 0. The molecule has 0 bridgehead atoms. The Bertz CT molecular complexity index is 361. The van der Waals surface area contributed by atoms with Crippen molar-refractivity contribution in [3.63, 3.8) is 0 Å². The monoisotopic (exact) mass is 274 g/mol. The maximum atomic E-state index is 5.84. The molecule has 2 aliphatic rings. The van der Waals surface area contributed by atoms with Crippen LogP contribution in [0.2, 0.25) is 0 Å². The molecule has 0 spiro atoms. The second-order valence-corrected chi connectivity index (χ2v) is 5.80. The van der Waals surface area contributed by atoms with Gasteiger partial charge >= 0.3 is 0 Å². The zero-order chi connectivity index (χ0) is 9.76. The summed E-state index contributed by atoms with van der Waals surface area (Å²) in [5.74, 6) is 1.22. The molecule has 3 heterocycles. The van der Waals surface area contributed by atoms with E-state index < -0.39 is 0 Å². The van der Waals surface area contributed by atoms with Crippen molar-refractivity contribution in [2.24, 2.45) is 7.05 Å². The molecule has 2 saturated heterocycles. The minimum atomic E-state index is -0.0347. The zero-order valence-corrected chi connectivity index (χ0v) is 10.3. The summed E-state index contributed by atoms with van der Waals surface area (Å²) < 4.78 is 8.84. The third kappa shape index (κ3) is 1.12. The number of fused-ring (bicyclic) bond motifs is 1. The van der Waals surface area contributed by atoms with E-state index in [1.807, 2.05) is 29.7 Å². The van der Waals surface area contributed by atoms with Crippen LogP contribution in [0.3, 0.4) is 0 Å². The highest BCUT2D eigenvalue weighted by Crippen LogP contribution is 2.59. The van der Waals surface area contributed by atoms with Gasteiger partial charge < -0.3 is 4.74 Å². The topological polar surface area (TPSA) is 30.4 Å². The number of nitrogens with zero attached hydrogens (tertiary/aromatic N) is 2. The van der Waals surface area contributed by atoms with Crippen LogP contribution >= 0.6 is 27.7 Å². The fourth-order valence-corrected chi connectivity index (χ4v) is 4.15. The summed E-state index contributed by atoms with van der Waals surface area (Å²) in [5, 5.41) is 4.24. The summed E-state index contributed by atoms with van der Waals surface area (Å²) in [6.07, 6.45) is 4.21. The number of hydrogen-bond donors (Lipinski definition) is 0. The molecule has 3 nitrogen and oxygen atoms in total. The zero-order valence-electron chi connectivity index (χ0n) is 7.86. The number of thioether (sulfide) groups is 1. The molecular weight excluding hydrogens is 264 g/mol. The van der Waals surface area contributed by atoms with E-state index in [4.69, 9.17) is 4.74 Å². The number of rotatable bonds is 1. The lowest BCUT2D eigenvalue weighted by molar-refractivity contribution is 0.278. The molecule has 76 valence electrons. The Morgan fingerprint density at radius 2 is 2.64 bits per heavy atom. The molecule has 0 radical (unpaired) electrons. The van der Waals surface area contributed by atoms with Gasteiger partial charge in [0, 0.05) is 7.05 Å². The number of aryl methyl sites for hydroxylation is 1. The van der Waals surface area contributed by atoms with Gasteiger partial charge in [0.05, 0.1) is 16.4 Å². The molecule has 0 amide bonds. The number of ether oxygens (including phenoxy) is 1. The Morgan fingerprint density at radius 1 is 1.79 bits per heavy atom. The van der Waals surface area contributed by atoms with Gasteiger partial charge in [-0.3, -0.25) is 4.68 Å². The third-order valence-corrected chi connectivity index (χ3v) is 4.78. The van der Waals surface area contributed by atoms with E-state index in [1.165, 1.54) is 17.9 Å².